The van der Waals surface area contributed by atoms with Gasteiger partial charge in [0.15, 0.2) is 0 Å². The highest BCUT2D eigenvalue weighted by Gasteiger charge is 2.18. The normalized spacial score (nSPS) is 17.8. The Labute approximate surface area is 140 Å². The maximum atomic E-state index is 10.6. The number of hydrogen-bond acceptors (Lipinski definition) is 4. The van der Waals surface area contributed by atoms with Gasteiger partial charge in [-0.05, 0) is 18.6 Å². The Morgan fingerprint density at radius 3 is 2.26 bits per heavy atom. The van der Waals surface area contributed by atoms with Gasteiger partial charge in [-0.25, -0.2) is 4.31 Å². The molecule has 0 amide bonds. The van der Waals surface area contributed by atoms with E-state index in [9.17, 15) is 5.11 Å². The van der Waals surface area contributed by atoms with E-state index in [4.69, 9.17) is 0 Å². The van der Waals surface area contributed by atoms with Crippen LogP contribution in [0, 0.1) is 0 Å². The van der Waals surface area contributed by atoms with Crippen LogP contribution >= 0.6 is 12.1 Å². The van der Waals surface area contributed by atoms with Gasteiger partial charge >= 0.3 is 0 Å². The zero-order valence-electron chi connectivity index (χ0n) is 13.0. The van der Waals surface area contributed by atoms with Crippen LogP contribution in [0.5, 0.6) is 0 Å². The van der Waals surface area contributed by atoms with Crippen LogP contribution in [-0.2, 0) is 6.54 Å². The summed E-state index contributed by atoms with van der Waals surface area (Å²) < 4.78 is 7.74. The van der Waals surface area contributed by atoms with E-state index in [0.29, 0.717) is 13.1 Å². The van der Waals surface area contributed by atoms with Crippen molar-refractivity contribution in [2.24, 2.45) is 0 Å². The summed E-state index contributed by atoms with van der Waals surface area (Å²) in [6, 6.07) is 16.9. The van der Waals surface area contributed by atoms with Crippen molar-refractivity contribution < 1.29 is 5.11 Å². The summed E-state index contributed by atoms with van der Waals surface area (Å²) in [7, 11) is 0. The number of aliphatic hydroxyl groups is 1. The summed E-state index contributed by atoms with van der Waals surface area (Å²) >= 11 is 1.63. The van der Waals surface area contributed by atoms with Crippen molar-refractivity contribution in [2.75, 3.05) is 19.6 Å². The molecule has 1 saturated heterocycles. The Balaban J connectivity index is 1.64. The molecule has 1 aliphatic heterocycles. The fourth-order valence-electron chi connectivity index (χ4n) is 3.34. The number of para-hydroxylation sites is 2. The van der Waals surface area contributed by atoms with E-state index in [-0.39, 0.29) is 6.10 Å². The van der Waals surface area contributed by atoms with E-state index in [2.05, 4.69) is 62.1 Å². The van der Waals surface area contributed by atoms with Gasteiger partial charge in [-0.1, -0.05) is 36.4 Å². The van der Waals surface area contributed by atoms with Gasteiger partial charge in [0.05, 0.1) is 12.6 Å². The second-order valence-electron chi connectivity index (χ2n) is 6.03. The molecule has 0 saturated carbocycles. The molecule has 1 aliphatic rings. The van der Waals surface area contributed by atoms with Crippen molar-refractivity contribution >= 4 is 33.9 Å². The van der Waals surface area contributed by atoms with Gasteiger partial charge in [-0.3, -0.25) is 4.72 Å². The molecule has 2 aromatic carbocycles. The minimum Gasteiger partial charge on any atom is -0.390 e. The van der Waals surface area contributed by atoms with E-state index >= 15 is 0 Å². The molecule has 4 rings (SSSR count). The molecule has 1 fully saturated rings. The van der Waals surface area contributed by atoms with Crippen LogP contribution in [0.3, 0.4) is 0 Å². The Bertz CT molecular complexity index is 757. The smallest absolute Gasteiger partial charge is 0.0855 e. The summed E-state index contributed by atoms with van der Waals surface area (Å²) in [5, 5.41) is 13.1. The van der Waals surface area contributed by atoms with Crippen molar-refractivity contribution in [1.82, 2.24) is 13.6 Å². The van der Waals surface area contributed by atoms with Gasteiger partial charge in [-0.15, -0.1) is 0 Å². The molecule has 2 N–H and O–H groups in total. The minimum absolute atomic E-state index is 0.387. The molecule has 0 bridgehead atoms. The molecule has 1 unspecified atom stereocenters. The van der Waals surface area contributed by atoms with Crippen molar-refractivity contribution in [1.29, 1.82) is 0 Å². The van der Waals surface area contributed by atoms with Gasteiger partial charge < -0.3 is 9.67 Å². The van der Waals surface area contributed by atoms with Gasteiger partial charge in [0.1, 0.15) is 0 Å². The largest absolute Gasteiger partial charge is 0.390 e. The summed E-state index contributed by atoms with van der Waals surface area (Å²) in [4.78, 5) is 0. The maximum Gasteiger partial charge on any atom is 0.0855 e. The molecule has 1 aromatic heterocycles. The predicted octanol–water partition coefficient (Wildman–Crippen LogP) is 3.01. The first kappa shape index (κ1) is 15.0. The third-order valence-electron chi connectivity index (χ3n) is 4.37. The summed E-state index contributed by atoms with van der Waals surface area (Å²) in [6.45, 7) is 3.37. The molecule has 0 spiro atoms. The Hall–Kier alpha value is -1.53. The lowest BCUT2D eigenvalue weighted by Crippen LogP contribution is -2.37. The van der Waals surface area contributed by atoms with Crippen LogP contribution in [0.1, 0.15) is 6.42 Å². The molecule has 0 aliphatic carbocycles. The number of nitrogens with zero attached hydrogens (tertiary/aromatic N) is 2. The molecule has 1 atom stereocenters. The average Bonchev–Trinajstić information content (AvgIpc) is 2.90. The number of fused-ring (bicyclic) bond motifs is 3. The van der Waals surface area contributed by atoms with Gasteiger partial charge in [0.25, 0.3) is 0 Å². The van der Waals surface area contributed by atoms with E-state index < -0.39 is 0 Å². The highest BCUT2D eigenvalue weighted by Crippen LogP contribution is 2.29. The maximum absolute atomic E-state index is 10.6. The minimum atomic E-state index is -0.387. The monoisotopic (exact) mass is 327 g/mol. The number of β-amino-alcohol motifs (C(OH)–C–C–N with tert-alkyl or cyclic N) is 1. The fraction of sp³-hybridized carbons (Fsp3) is 0.333. The number of aromatic nitrogens is 1. The molecule has 5 heteroatoms. The van der Waals surface area contributed by atoms with E-state index in [0.717, 1.165) is 19.5 Å². The molecule has 0 radical (unpaired) electrons. The molecule has 23 heavy (non-hydrogen) atoms. The summed E-state index contributed by atoms with van der Waals surface area (Å²) in [5.74, 6) is 0. The standard InChI is InChI=1S/C18H21N3OS/c22-14(12-20-11-5-10-19-23-20)13-21-17-8-3-1-6-15(17)16-7-2-4-9-18(16)21/h1-4,6-9,14,19,22H,5,10-13H2. The van der Waals surface area contributed by atoms with Crippen LogP contribution in [0.4, 0.5) is 0 Å². The van der Waals surface area contributed by atoms with Crippen molar-refractivity contribution in [3.05, 3.63) is 48.5 Å². The highest BCUT2D eigenvalue weighted by atomic mass is 32.2. The van der Waals surface area contributed by atoms with Crippen LogP contribution < -0.4 is 4.72 Å². The molecule has 120 valence electrons. The van der Waals surface area contributed by atoms with Crippen LogP contribution in [-0.4, -0.2) is 39.7 Å². The zero-order chi connectivity index (χ0) is 15.6. The second kappa shape index (κ2) is 6.53. The number of nitrogens with one attached hydrogen (secondary N) is 1. The quantitative estimate of drug-likeness (QED) is 0.723. The lowest BCUT2D eigenvalue weighted by Gasteiger charge is -2.27. The number of benzene rings is 2. The third kappa shape index (κ3) is 2.97. The molecule has 4 nitrogen and oxygen atoms in total. The molecule has 3 aromatic rings. The van der Waals surface area contributed by atoms with E-state index in [1.807, 2.05) is 0 Å². The highest BCUT2D eigenvalue weighted by molar-refractivity contribution is 7.95. The molecular formula is C18H21N3OS. The lowest BCUT2D eigenvalue weighted by atomic mass is 10.2. The molecular weight excluding hydrogens is 306 g/mol. The van der Waals surface area contributed by atoms with Gasteiger partial charge in [0, 0.05) is 53.6 Å². The third-order valence-corrected chi connectivity index (χ3v) is 5.29. The molecule has 2 heterocycles. The summed E-state index contributed by atoms with van der Waals surface area (Å²) in [5.41, 5.74) is 2.38. The van der Waals surface area contributed by atoms with Gasteiger partial charge in [0.2, 0.25) is 0 Å². The van der Waals surface area contributed by atoms with Crippen LogP contribution in [0.2, 0.25) is 0 Å². The number of aliphatic hydroxyl groups excluding tert-OH is 1. The Morgan fingerprint density at radius 1 is 1.00 bits per heavy atom. The first-order valence-corrected chi connectivity index (χ1v) is 8.89. The van der Waals surface area contributed by atoms with Crippen molar-refractivity contribution in [3.63, 3.8) is 0 Å². The SMILES string of the molecule is OC(CN1CCCNS1)Cn1c2ccccc2c2ccccc21. The number of rotatable bonds is 4. The summed E-state index contributed by atoms with van der Waals surface area (Å²) in [6.07, 6.45) is 0.747. The van der Waals surface area contributed by atoms with Crippen molar-refractivity contribution in [3.8, 4) is 0 Å². The topological polar surface area (TPSA) is 40.4 Å². The second-order valence-corrected chi connectivity index (χ2v) is 7.01. The van der Waals surface area contributed by atoms with E-state index in [1.54, 1.807) is 12.1 Å². The average molecular weight is 327 g/mol. The van der Waals surface area contributed by atoms with Crippen LogP contribution in [0.15, 0.2) is 48.5 Å². The lowest BCUT2D eigenvalue weighted by molar-refractivity contribution is 0.132. The fourth-order valence-corrected chi connectivity index (χ4v) is 4.23. The van der Waals surface area contributed by atoms with E-state index in [1.165, 1.54) is 21.8 Å². The van der Waals surface area contributed by atoms with Crippen LogP contribution in [0.25, 0.3) is 21.8 Å². The zero-order valence-corrected chi connectivity index (χ0v) is 13.8. The van der Waals surface area contributed by atoms with Crippen molar-refractivity contribution in [2.45, 2.75) is 19.1 Å². The number of hydrogen-bond donors (Lipinski definition) is 2. The van der Waals surface area contributed by atoms with Gasteiger partial charge in [-0.2, -0.15) is 0 Å². The first-order valence-electron chi connectivity index (χ1n) is 8.12. The first-order chi connectivity index (χ1) is 11.3. The Morgan fingerprint density at radius 2 is 1.65 bits per heavy atom. The Kier molecular flexibility index (Phi) is 4.27. The predicted molar refractivity (Wildman–Crippen MR) is 97.2 cm³/mol.